The summed E-state index contributed by atoms with van der Waals surface area (Å²) in [5.74, 6) is 0.140. The molecule has 2 aliphatic carbocycles. The molecule has 1 aliphatic heterocycles. The lowest BCUT2D eigenvalue weighted by Crippen LogP contribution is -2.37. The van der Waals surface area contributed by atoms with Gasteiger partial charge in [-0.15, -0.1) is 0 Å². The fourth-order valence-electron chi connectivity index (χ4n) is 3.86. The summed E-state index contributed by atoms with van der Waals surface area (Å²) in [6.07, 6.45) is 2.69. The van der Waals surface area contributed by atoms with Crippen LogP contribution in [-0.4, -0.2) is 29.6 Å². The van der Waals surface area contributed by atoms with E-state index in [-0.39, 0.29) is 30.0 Å². The molecule has 2 aromatic rings. The molecule has 2 heterocycles. The molecule has 0 bridgehead atoms. The normalized spacial score (nSPS) is 22.9. The van der Waals surface area contributed by atoms with Gasteiger partial charge in [0.05, 0.1) is 23.1 Å². The van der Waals surface area contributed by atoms with E-state index < -0.39 is 0 Å². The third-order valence-corrected chi connectivity index (χ3v) is 5.82. The smallest absolute Gasteiger partial charge is 0.414 e. The zero-order valence-electron chi connectivity index (χ0n) is 16.1. The van der Waals surface area contributed by atoms with Crippen molar-refractivity contribution in [2.24, 2.45) is 5.92 Å². The quantitative estimate of drug-likeness (QED) is 0.851. The van der Waals surface area contributed by atoms with Crippen LogP contribution in [0, 0.1) is 11.7 Å². The zero-order valence-corrected chi connectivity index (χ0v) is 16.1. The number of carbonyl (C=O) groups excluding carboxylic acids is 2. The number of rotatable bonds is 4. The van der Waals surface area contributed by atoms with E-state index in [0.29, 0.717) is 23.9 Å². The van der Waals surface area contributed by atoms with E-state index >= 15 is 0 Å². The highest BCUT2D eigenvalue weighted by atomic mass is 19.1. The van der Waals surface area contributed by atoms with Crippen LogP contribution in [0.1, 0.15) is 59.9 Å². The van der Waals surface area contributed by atoms with Crippen LogP contribution in [0.2, 0.25) is 0 Å². The molecule has 1 aromatic heterocycles. The van der Waals surface area contributed by atoms with Crippen LogP contribution in [0.3, 0.4) is 0 Å². The van der Waals surface area contributed by atoms with Gasteiger partial charge in [0.15, 0.2) is 0 Å². The van der Waals surface area contributed by atoms with Crippen LogP contribution in [-0.2, 0) is 4.74 Å². The zero-order chi connectivity index (χ0) is 20.1. The lowest BCUT2D eigenvalue weighted by atomic mass is 10.1. The number of anilines is 1. The average Bonchev–Trinajstić information content (AvgIpc) is 3.62. The Morgan fingerprint density at radius 2 is 1.97 bits per heavy atom. The number of halogens is 1. The summed E-state index contributed by atoms with van der Waals surface area (Å²) in [5, 5.41) is 2.91. The van der Waals surface area contributed by atoms with Gasteiger partial charge in [0.1, 0.15) is 11.9 Å². The van der Waals surface area contributed by atoms with Gasteiger partial charge in [-0.3, -0.25) is 14.7 Å². The van der Waals surface area contributed by atoms with Crippen molar-refractivity contribution in [3.05, 3.63) is 59.2 Å². The molecule has 0 saturated heterocycles. The SMILES string of the molecule is CC(NC(=O)c1ccc(F)cc1)c1ccc2c(n1)C1CC1CN2C(=O)OC1CC1. The number of nitrogens with one attached hydrogen (secondary N) is 1. The Labute approximate surface area is 168 Å². The van der Waals surface area contributed by atoms with Crippen LogP contribution in [0.4, 0.5) is 14.9 Å². The molecule has 5 rings (SSSR count). The molecule has 2 saturated carbocycles. The Hall–Kier alpha value is -2.96. The lowest BCUT2D eigenvalue weighted by molar-refractivity contribution is 0.0939. The number of aromatic nitrogens is 1. The largest absolute Gasteiger partial charge is 0.446 e. The maximum atomic E-state index is 13.1. The molecule has 3 atom stereocenters. The second kappa shape index (κ2) is 6.83. The topological polar surface area (TPSA) is 71.5 Å². The molecule has 1 aromatic carbocycles. The fraction of sp³-hybridized carbons (Fsp3) is 0.409. The number of amides is 2. The first kappa shape index (κ1) is 18.1. The molecular formula is C22H22FN3O3. The van der Waals surface area contributed by atoms with Crippen molar-refractivity contribution in [3.63, 3.8) is 0 Å². The summed E-state index contributed by atoms with van der Waals surface area (Å²) in [6.45, 7) is 2.55. The van der Waals surface area contributed by atoms with Crippen LogP contribution < -0.4 is 10.2 Å². The highest BCUT2D eigenvalue weighted by molar-refractivity contribution is 5.94. The second-order valence-electron chi connectivity index (χ2n) is 8.14. The highest BCUT2D eigenvalue weighted by Gasteiger charge is 2.48. The van der Waals surface area contributed by atoms with Gasteiger partial charge in [0.2, 0.25) is 0 Å². The maximum absolute atomic E-state index is 13.1. The van der Waals surface area contributed by atoms with Crippen LogP contribution in [0.25, 0.3) is 0 Å². The van der Waals surface area contributed by atoms with Crippen LogP contribution in [0.15, 0.2) is 36.4 Å². The van der Waals surface area contributed by atoms with Crippen LogP contribution >= 0.6 is 0 Å². The average molecular weight is 395 g/mol. The molecule has 3 aliphatic rings. The molecule has 2 amide bonds. The summed E-state index contributed by atoms with van der Waals surface area (Å²) >= 11 is 0. The van der Waals surface area contributed by atoms with Crippen molar-refractivity contribution in [3.8, 4) is 0 Å². The van der Waals surface area contributed by atoms with Crippen molar-refractivity contribution in [1.82, 2.24) is 10.3 Å². The van der Waals surface area contributed by atoms with Gasteiger partial charge in [0, 0.05) is 18.0 Å². The minimum atomic E-state index is -0.380. The van der Waals surface area contributed by atoms with Crippen molar-refractivity contribution >= 4 is 17.7 Å². The molecular weight excluding hydrogens is 373 g/mol. The molecule has 150 valence electrons. The summed E-state index contributed by atoms with van der Waals surface area (Å²) in [5.41, 5.74) is 2.86. The number of hydrogen-bond donors (Lipinski definition) is 1. The molecule has 29 heavy (non-hydrogen) atoms. The third-order valence-electron chi connectivity index (χ3n) is 5.82. The maximum Gasteiger partial charge on any atom is 0.414 e. The molecule has 0 radical (unpaired) electrons. The number of hydrogen-bond acceptors (Lipinski definition) is 4. The van der Waals surface area contributed by atoms with Gasteiger partial charge in [0.25, 0.3) is 5.91 Å². The first-order valence-electron chi connectivity index (χ1n) is 10.0. The third kappa shape index (κ3) is 3.57. The van der Waals surface area contributed by atoms with Gasteiger partial charge in [-0.25, -0.2) is 9.18 Å². The minimum Gasteiger partial charge on any atom is -0.446 e. The summed E-state index contributed by atoms with van der Waals surface area (Å²) in [6, 6.07) is 8.86. The van der Waals surface area contributed by atoms with Gasteiger partial charge < -0.3 is 10.1 Å². The van der Waals surface area contributed by atoms with Crippen LogP contribution in [0.5, 0.6) is 0 Å². The van der Waals surface area contributed by atoms with Gasteiger partial charge in [-0.2, -0.15) is 0 Å². The molecule has 3 unspecified atom stereocenters. The molecule has 7 heteroatoms. The van der Waals surface area contributed by atoms with Crippen molar-refractivity contribution in [2.75, 3.05) is 11.4 Å². The van der Waals surface area contributed by atoms with Crippen molar-refractivity contribution < 1.29 is 18.7 Å². The van der Waals surface area contributed by atoms with Gasteiger partial charge in [-0.05, 0) is 68.5 Å². The first-order chi connectivity index (χ1) is 14.0. The predicted octanol–water partition coefficient (Wildman–Crippen LogP) is 3.93. The number of carbonyl (C=O) groups is 2. The second-order valence-corrected chi connectivity index (χ2v) is 8.14. The Balaban J connectivity index is 1.34. The van der Waals surface area contributed by atoms with Crippen molar-refractivity contribution in [2.45, 2.75) is 44.2 Å². The summed E-state index contributed by atoms with van der Waals surface area (Å²) < 4.78 is 18.5. The standard InChI is InChI=1S/C22H22FN3O3/c1-12(24-21(27)13-2-4-15(23)5-3-13)18-8-9-19-20(25-18)17-10-14(17)11-26(19)22(28)29-16-6-7-16/h2-5,8-9,12,14,16-17H,6-7,10-11H2,1H3,(H,24,27). The number of benzene rings is 1. The Morgan fingerprint density at radius 1 is 1.21 bits per heavy atom. The van der Waals surface area contributed by atoms with E-state index in [2.05, 4.69) is 5.32 Å². The predicted molar refractivity (Wildman–Crippen MR) is 104 cm³/mol. The van der Waals surface area contributed by atoms with E-state index in [4.69, 9.17) is 9.72 Å². The van der Waals surface area contributed by atoms with Gasteiger partial charge in [-0.1, -0.05) is 0 Å². The first-order valence-corrected chi connectivity index (χ1v) is 10.0. The number of nitrogens with zero attached hydrogens (tertiary/aromatic N) is 2. The molecule has 2 fully saturated rings. The minimum absolute atomic E-state index is 0.0665. The summed E-state index contributed by atoms with van der Waals surface area (Å²) in [4.78, 5) is 31.4. The molecule has 0 spiro atoms. The number of pyridine rings is 1. The molecule has 6 nitrogen and oxygen atoms in total. The Bertz CT molecular complexity index is 974. The Morgan fingerprint density at radius 3 is 2.69 bits per heavy atom. The number of ether oxygens (including phenoxy) is 1. The molecule has 1 N–H and O–H groups in total. The van der Waals surface area contributed by atoms with E-state index in [1.165, 1.54) is 24.3 Å². The highest BCUT2D eigenvalue weighted by Crippen LogP contribution is 2.54. The monoisotopic (exact) mass is 395 g/mol. The lowest BCUT2D eigenvalue weighted by Gasteiger charge is -2.28. The fourth-order valence-corrected chi connectivity index (χ4v) is 3.86. The number of fused-ring (bicyclic) bond motifs is 3. The van der Waals surface area contributed by atoms with Gasteiger partial charge >= 0.3 is 6.09 Å². The van der Waals surface area contributed by atoms with Crippen molar-refractivity contribution in [1.29, 1.82) is 0 Å². The summed E-state index contributed by atoms with van der Waals surface area (Å²) in [7, 11) is 0. The van der Waals surface area contributed by atoms with E-state index in [0.717, 1.165) is 36.3 Å². The van der Waals surface area contributed by atoms with E-state index in [1.807, 2.05) is 19.1 Å². The van der Waals surface area contributed by atoms with E-state index in [1.54, 1.807) is 4.90 Å². The Kier molecular flexibility index (Phi) is 4.26. The van der Waals surface area contributed by atoms with E-state index in [9.17, 15) is 14.0 Å².